The molecule has 1 unspecified atom stereocenters. The van der Waals surface area contributed by atoms with Crippen LogP contribution in [0.15, 0.2) is 24.3 Å². The third-order valence-electron chi connectivity index (χ3n) is 4.42. The first-order chi connectivity index (χ1) is 10.9. The second kappa shape index (κ2) is 7.59. The molecule has 1 heterocycles. The highest BCUT2D eigenvalue weighted by Gasteiger charge is 2.21. The van der Waals surface area contributed by atoms with Gasteiger partial charge in [-0.1, -0.05) is 6.92 Å². The molecule has 0 aliphatic carbocycles. The van der Waals surface area contributed by atoms with Crippen LogP contribution in [-0.2, 0) is 4.79 Å². The first kappa shape index (κ1) is 17.5. The molecular weight excluding hydrogens is 290 g/mol. The first-order valence-electron chi connectivity index (χ1n) is 8.35. The maximum atomic E-state index is 12.2. The van der Waals surface area contributed by atoms with Crippen molar-refractivity contribution in [3.63, 3.8) is 0 Å². The topological polar surface area (TPSA) is 70.2 Å². The molecule has 5 heteroatoms. The molecule has 2 amide bonds. The number of hydrogen-bond acceptors (Lipinski definition) is 3. The fraction of sp³-hybridized carbons (Fsp3) is 0.556. The van der Waals surface area contributed by atoms with E-state index in [1.165, 1.54) is 0 Å². The molecule has 0 spiro atoms. The molecule has 1 aliphatic rings. The molecule has 1 saturated heterocycles. The van der Waals surface area contributed by atoms with Crippen LogP contribution in [-0.4, -0.2) is 30.4 Å². The predicted molar refractivity (Wildman–Crippen MR) is 92.5 cm³/mol. The van der Waals surface area contributed by atoms with Crippen LogP contribution in [0, 0.1) is 5.92 Å². The van der Waals surface area contributed by atoms with Crippen molar-refractivity contribution in [1.29, 1.82) is 0 Å². The highest BCUT2D eigenvalue weighted by atomic mass is 16.2. The van der Waals surface area contributed by atoms with E-state index in [1.807, 2.05) is 20.8 Å². The van der Waals surface area contributed by atoms with Crippen molar-refractivity contribution in [2.24, 2.45) is 5.92 Å². The number of carbonyl (C=O) groups excluding carboxylic acids is 2. The smallest absolute Gasteiger partial charge is 0.251 e. The molecule has 0 bridgehead atoms. The Kier molecular flexibility index (Phi) is 5.77. The van der Waals surface area contributed by atoms with Crippen LogP contribution in [0.25, 0.3) is 0 Å². The summed E-state index contributed by atoms with van der Waals surface area (Å²) in [5, 5.41) is 9.17. The minimum absolute atomic E-state index is 0.0251. The molecule has 2 rings (SSSR count). The lowest BCUT2D eigenvalue weighted by Gasteiger charge is -2.24. The highest BCUT2D eigenvalue weighted by Crippen LogP contribution is 2.16. The number of rotatable bonds is 5. The molecule has 1 aromatic carbocycles. The predicted octanol–water partition coefficient (Wildman–Crippen LogP) is 2.54. The van der Waals surface area contributed by atoms with Gasteiger partial charge in [0.05, 0.1) is 5.92 Å². The molecule has 1 aliphatic heterocycles. The van der Waals surface area contributed by atoms with Crippen LogP contribution in [0.3, 0.4) is 0 Å². The molecule has 0 saturated carbocycles. The van der Waals surface area contributed by atoms with Gasteiger partial charge in [0.2, 0.25) is 5.91 Å². The largest absolute Gasteiger partial charge is 0.347 e. The van der Waals surface area contributed by atoms with E-state index in [9.17, 15) is 9.59 Å². The number of hydrogen-bond donors (Lipinski definition) is 3. The molecule has 1 atom stereocenters. The van der Waals surface area contributed by atoms with Crippen LogP contribution in [0.2, 0.25) is 0 Å². The van der Waals surface area contributed by atoms with Crippen LogP contribution in [0.5, 0.6) is 0 Å². The lowest BCUT2D eigenvalue weighted by molar-refractivity contribution is -0.120. The molecule has 5 nitrogen and oxygen atoms in total. The normalized spacial score (nSPS) is 18.3. The minimum Gasteiger partial charge on any atom is -0.347 e. The Hall–Kier alpha value is -1.88. The molecule has 23 heavy (non-hydrogen) atoms. The third kappa shape index (κ3) is 5.06. The second-order valence-electron chi connectivity index (χ2n) is 6.80. The summed E-state index contributed by atoms with van der Waals surface area (Å²) in [5.41, 5.74) is 1.11. The molecule has 126 valence electrons. The average molecular weight is 317 g/mol. The van der Waals surface area contributed by atoms with Crippen molar-refractivity contribution in [1.82, 2.24) is 10.6 Å². The summed E-state index contributed by atoms with van der Waals surface area (Å²) < 4.78 is 0. The van der Waals surface area contributed by atoms with Gasteiger partial charge in [-0.15, -0.1) is 0 Å². The van der Waals surface area contributed by atoms with E-state index in [1.54, 1.807) is 24.3 Å². The van der Waals surface area contributed by atoms with Gasteiger partial charge < -0.3 is 16.0 Å². The lowest BCUT2D eigenvalue weighted by Crippen LogP contribution is -2.42. The van der Waals surface area contributed by atoms with Gasteiger partial charge in [0.25, 0.3) is 5.91 Å². The van der Waals surface area contributed by atoms with E-state index in [0.29, 0.717) is 5.56 Å². The zero-order chi connectivity index (χ0) is 16.9. The number of nitrogens with one attached hydrogen (secondary N) is 3. The van der Waals surface area contributed by atoms with E-state index in [2.05, 4.69) is 16.0 Å². The van der Waals surface area contributed by atoms with Gasteiger partial charge in [-0.05, 0) is 63.9 Å². The number of anilines is 1. The summed E-state index contributed by atoms with van der Waals surface area (Å²) in [5.74, 6) is -0.0233. The van der Waals surface area contributed by atoms with E-state index >= 15 is 0 Å². The van der Waals surface area contributed by atoms with Crippen molar-refractivity contribution in [2.75, 3.05) is 18.4 Å². The van der Waals surface area contributed by atoms with E-state index in [4.69, 9.17) is 0 Å². The zero-order valence-corrected chi connectivity index (χ0v) is 14.2. The average Bonchev–Trinajstić information content (AvgIpc) is 2.56. The Balaban J connectivity index is 1.93. The SMILES string of the molecule is CCC(C)(C)NC(=O)c1ccc(NC(=O)C2CCCNC2)cc1. The van der Waals surface area contributed by atoms with Gasteiger partial charge in [0.15, 0.2) is 0 Å². The number of piperidine rings is 1. The summed E-state index contributed by atoms with van der Waals surface area (Å²) in [7, 11) is 0. The van der Waals surface area contributed by atoms with Crippen LogP contribution in [0.4, 0.5) is 5.69 Å². The Bertz CT molecular complexity index is 546. The highest BCUT2D eigenvalue weighted by molar-refractivity contribution is 5.96. The van der Waals surface area contributed by atoms with E-state index in [-0.39, 0.29) is 23.3 Å². The first-order valence-corrected chi connectivity index (χ1v) is 8.35. The summed E-state index contributed by atoms with van der Waals surface area (Å²) in [6, 6.07) is 7.05. The lowest BCUT2D eigenvalue weighted by atomic mass is 9.98. The standard InChI is InChI=1S/C18H27N3O2/c1-4-18(2,3)21-17(23)13-7-9-15(10-8-13)20-16(22)14-6-5-11-19-12-14/h7-10,14,19H,4-6,11-12H2,1-3H3,(H,20,22)(H,21,23). The Labute approximate surface area is 138 Å². The van der Waals surface area contributed by atoms with Crippen molar-refractivity contribution in [3.8, 4) is 0 Å². The molecule has 1 aromatic rings. The monoisotopic (exact) mass is 317 g/mol. The van der Waals surface area contributed by atoms with Crippen LogP contribution in [0.1, 0.15) is 50.4 Å². The minimum atomic E-state index is -0.224. The molecule has 0 radical (unpaired) electrons. The van der Waals surface area contributed by atoms with Gasteiger partial charge in [-0.25, -0.2) is 0 Å². The number of carbonyl (C=O) groups is 2. The molecule has 3 N–H and O–H groups in total. The van der Waals surface area contributed by atoms with Crippen LogP contribution >= 0.6 is 0 Å². The van der Waals surface area contributed by atoms with Gasteiger partial charge in [0, 0.05) is 23.3 Å². The van der Waals surface area contributed by atoms with Crippen molar-refractivity contribution >= 4 is 17.5 Å². The molecule has 1 fully saturated rings. The van der Waals surface area contributed by atoms with Crippen molar-refractivity contribution < 1.29 is 9.59 Å². The fourth-order valence-electron chi connectivity index (χ4n) is 2.49. The van der Waals surface area contributed by atoms with Gasteiger partial charge in [0.1, 0.15) is 0 Å². The Morgan fingerprint density at radius 3 is 2.52 bits per heavy atom. The van der Waals surface area contributed by atoms with Crippen LogP contribution < -0.4 is 16.0 Å². The van der Waals surface area contributed by atoms with E-state index < -0.39 is 0 Å². The summed E-state index contributed by atoms with van der Waals surface area (Å²) in [4.78, 5) is 24.4. The fourth-order valence-corrected chi connectivity index (χ4v) is 2.49. The maximum Gasteiger partial charge on any atom is 0.251 e. The second-order valence-corrected chi connectivity index (χ2v) is 6.80. The van der Waals surface area contributed by atoms with E-state index in [0.717, 1.165) is 38.0 Å². The Morgan fingerprint density at radius 1 is 1.26 bits per heavy atom. The molecular formula is C18H27N3O2. The zero-order valence-electron chi connectivity index (χ0n) is 14.2. The third-order valence-corrected chi connectivity index (χ3v) is 4.42. The Morgan fingerprint density at radius 2 is 1.96 bits per heavy atom. The van der Waals surface area contributed by atoms with Crippen molar-refractivity contribution in [2.45, 2.75) is 45.6 Å². The summed E-state index contributed by atoms with van der Waals surface area (Å²) in [6.45, 7) is 7.76. The molecule has 0 aromatic heterocycles. The van der Waals surface area contributed by atoms with Gasteiger partial charge in [-0.2, -0.15) is 0 Å². The maximum absolute atomic E-state index is 12.2. The van der Waals surface area contributed by atoms with Crippen molar-refractivity contribution in [3.05, 3.63) is 29.8 Å². The number of amides is 2. The number of benzene rings is 1. The summed E-state index contributed by atoms with van der Waals surface area (Å²) in [6.07, 6.45) is 2.82. The van der Waals surface area contributed by atoms with Gasteiger partial charge >= 0.3 is 0 Å². The van der Waals surface area contributed by atoms with Gasteiger partial charge in [-0.3, -0.25) is 9.59 Å². The quantitative estimate of drug-likeness (QED) is 0.781. The summed E-state index contributed by atoms with van der Waals surface area (Å²) >= 11 is 0.